The average Bonchev–Trinajstić information content (AvgIpc) is 2.90. The SMILES string of the molecule is CCc1c(C#N)nnn1CCCCOc1ccc(C)cc1. The third-order valence-electron chi connectivity index (χ3n) is 3.33. The van der Waals surface area contributed by atoms with Gasteiger partial charge in [-0.05, 0) is 38.3 Å². The van der Waals surface area contributed by atoms with E-state index >= 15 is 0 Å². The van der Waals surface area contributed by atoms with Crippen LogP contribution in [0.2, 0.25) is 0 Å². The number of ether oxygens (including phenoxy) is 1. The molecule has 0 spiro atoms. The molecule has 2 aromatic rings. The summed E-state index contributed by atoms with van der Waals surface area (Å²) in [6.07, 6.45) is 2.67. The molecular weight excluding hydrogens is 264 g/mol. The van der Waals surface area contributed by atoms with Gasteiger partial charge >= 0.3 is 0 Å². The Hall–Kier alpha value is -2.35. The molecule has 0 aliphatic heterocycles. The van der Waals surface area contributed by atoms with E-state index in [4.69, 9.17) is 10.00 Å². The lowest BCUT2D eigenvalue weighted by atomic mass is 10.2. The van der Waals surface area contributed by atoms with E-state index in [9.17, 15) is 0 Å². The predicted molar refractivity (Wildman–Crippen MR) is 80.0 cm³/mol. The number of unbranched alkanes of at least 4 members (excludes halogenated alkanes) is 1. The molecule has 5 nitrogen and oxygen atoms in total. The molecule has 0 N–H and O–H groups in total. The summed E-state index contributed by atoms with van der Waals surface area (Å²) >= 11 is 0. The highest BCUT2D eigenvalue weighted by Crippen LogP contribution is 2.12. The van der Waals surface area contributed by atoms with E-state index < -0.39 is 0 Å². The predicted octanol–water partition coefficient (Wildman–Crippen LogP) is 2.88. The van der Waals surface area contributed by atoms with Gasteiger partial charge in [-0.25, -0.2) is 4.68 Å². The Labute approximate surface area is 125 Å². The van der Waals surface area contributed by atoms with Crippen LogP contribution in [0.3, 0.4) is 0 Å². The van der Waals surface area contributed by atoms with Crippen molar-refractivity contribution in [1.82, 2.24) is 15.0 Å². The van der Waals surface area contributed by atoms with Gasteiger partial charge in [0.2, 0.25) is 0 Å². The third kappa shape index (κ3) is 4.06. The van der Waals surface area contributed by atoms with Crippen molar-refractivity contribution in [2.45, 2.75) is 39.7 Å². The molecule has 0 atom stereocenters. The lowest BCUT2D eigenvalue weighted by molar-refractivity contribution is 0.301. The van der Waals surface area contributed by atoms with Gasteiger partial charge in [0.05, 0.1) is 12.3 Å². The molecule has 0 unspecified atom stereocenters. The molecule has 0 fully saturated rings. The van der Waals surface area contributed by atoms with Crippen molar-refractivity contribution < 1.29 is 4.74 Å². The van der Waals surface area contributed by atoms with Crippen molar-refractivity contribution in [3.8, 4) is 11.8 Å². The molecule has 2 rings (SSSR count). The van der Waals surface area contributed by atoms with Crippen LogP contribution in [-0.2, 0) is 13.0 Å². The Kier molecular flexibility index (Phi) is 5.33. The maximum absolute atomic E-state index is 8.93. The Morgan fingerprint density at radius 1 is 1.24 bits per heavy atom. The molecule has 0 aliphatic carbocycles. The summed E-state index contributed by atoms with van der Waals surface area (Å²) in [4.78, 5) is 0. The van der Waals surface area contributed by atoms with Crippen LogP contribution >= 0.6 is 0 Å². The molecule has 1 heterocycles. The highest BCUT2D eigenvalue weighted by Gasteiger charge is 2.09. The van der Waals surface area contributed by atoms with Gasteiger partial charge in [0, 0.05) is 6.54 Å². The van der Waals surface area contributed by atoms with E-state index in [1.807, 2.05) is 35.9 Å². The van der Waals surface area contributed by atoms with E-state index in [1.54, 1.807) is 0 Å². The van der Waals surface area contributed by atoms with Crippen LogP contribution in [0.4, 0.5) is 0 Å². The van der Waals surface area contributed by atoms with Gasteiger partial charge in [-0.3, -0.25) is 0 Å². The molecule has 0 saturated heterocycles. The van der Waals surface area contributed by atoms with Crippen LogP contribution in [0.15, 0.2) is 24.3 Å². The van der Waals surface area contributed by atoms with Crippen LogP contribution in [0.5, 0.6) is 5.75 Å². The van der Waals surface area contributed by atoms with Gasteiger partial charge in [0.15, 0.2) is 5.69 Å². The molecule has 0 radical (unpaired) electrons. The first-order chi connectivity index (χ1) is 10.2. The van der Waals surface area contributed by atoms with Gasteiger partial charge < -0.3 is 4.74 Å². The fourth-order valence-electron chi connectivity index (χ4n) is 2.14. The number of aromatic nitrogens is 3. The fourth-order valence-corrected chi connectivity index (χ4v) is 2.14. The largest absolute Gasteiger partial charge is 0.494 e. The number of hydrogen-bond acceptors (Lipinski definition) is 4. The van der Waals surface area contributed by atoms with Gasteiger partial charge in [0.25, 0.3) is 0 Å². The number of aryl methyl sites for hydroxylation is 2. The monoisotopic (exact) mass is 284 g/mol. The van der Waals surface area contributed by atoms with Gasteiger partial charge in [-0.2, -0.15) is 5.26 Å². The van der Waals surface area contributed by atoms with E-state index in [1.165, 1.54) is 5.56 Å². The van der Waals surface area contributed by atoms with Crippen LogP contribution in [-0.4, -0.2) is 21.6 Å². The van der Waals surface area contributed by atoms with Crippen LogP contribution < -0.4 is 4.74 Å². The average molecular weight is 284 g/mol. The van der Waals surface area contributed by atoms with Crippen LogP contribution in [0.1, 0.15) is 36.7 Å². The topological polar surface area (TPSA) is 63.7 Å². The number of nitriles is 1. The molecule has 110 valence electrons. The molecule has 21 heavy (non-hydrogen) atoms. The Bertz CT molecular complexity index is 610. The maximum atomic E-state index is 8.93. The first-order valence-electron chi connectivity index (χ1n) is 7.26. The Morgan fingerprint density at radius 3 is 2.67 bits per heavy atom. The Balaban J connectivity index is 1.74. The van der Waals surface area contributed by atoms with Gasteiger partial charge in [0.1, 0.15) is 11.8 Å². The molecule has 5 heteroatoms. The zero-order valence-electron chi connectivity index (χ0n) is 12.5. The summed E-state index contributed by atoms with van der Waals surface area (Å²) in [5, 5.41) is 16.8. The minimum Gasteiger partial charge on any atom is -0.494 e. The first-order valence-corrected chi connectivity index (χ1v) is 7.26. The van der Waals surface area contributed by atoms with Gasteiger partial charge in [-0.1, -0.05) is 29.8 Å². The van der Waals surface area contributed by atoms with Crippen LogP contribution in [0.25, 0.3) is 0 Å². The van der Waals surface area contributed by atoms with Crippen LogP contribution in [0, 0.1) is 18.3 Å². The molecule has 0 saturated carbocycles. The number of benzene rings is 1. The normalized spacial score (nSPS) is 10.3. The molecule has 1 aromatic carbocycles. The van der Waals surface area contributed by atoms with Crippen molar-refractivity contribution in [1.29, 1.82) is 5.26 Å². The second-order valence-corrected chi connectivity index (χ2v) is 4.94. The molecule has 1 aromatic heterocycles. The summed E-state index contributed by atoms with van der Waals surface area (Å²) in [6, 6.07) is 10.1. The zero-order chi connectivity index (χ0) is 15.1. The summed E-state index contributed by atoms with van der Waals surface area (Å²) in [6.45, 7) is 5.53. The van der Waals surface area contributed by atoms with Crippen molar-refractivity contribution in [2.24, 2.45) is 0 Å². The molecule has 0 amide bonds. The van der Waals surface area contributed by atoms with E-state index in [2.05, 4.69) is 23.3 Å². The van der Waals surface area contributed by atoms with Gasteiger partial charge in [-0.15, -0.1) is 5.10 Å². The smallest absolute Gasteiger partial charge is 0.185 e. The minimum absolute atomic E-state index is 0.438. The van der Waals surface area contributed by atoms with E-state index in [0.717, 1.165) is 37.3 Å². The zero-order valence-corrected chi connectivity index (χ0v) is 12.5. The molecular formula is C16H20N4O. The second-order valence-electron chi connectivity index (χ2n) is 4.94. The van der Waals surface area contributed by atoms with E-state index in [0.29, 0.717) is 12.3 Å². The lowest BCUT2D eigenvalue weighted by Gasteiger charge is -2.07. The molecule has 0 aliphatic rings. The fraction of sp³-hybridized carbons (Fsp3) is 0.438. The van der Waals surface area contributed by atoms with Crippen molar-refractivity contribution >= 4 is 0 Å². The van der Waals surface area contributed by atoms with Crippen molar-refractivity contribution in [2.75, 3.05) is 6.61 Å². The molecule has 0 bridgehead atoms. The second kappa shape index (κ2) is 7.44. The summed E-state index contributed by atoms with van der Waals surface area (Å²) in [5.41, 5.74) is 2.58. The highest BCUT2D eigenvalue weighted by atomic mass is 16.5. The highest BCUT2D eigenvalue weighted by molar-refractivity contribution is 5.26. The standard InChI is InChI=1S/C16H20N4O/c1-3-16-15(12-17)18-19-20(16)10-4-5-11-21-14-8-6-13(2)7-9-14/h6-9H,3-5,10-11H2,1-2H3. The first kappa shape index (κ1) is 15.0. The number of hydrogen-bond donors (Lipinski definition) is 0. The third-order valence-corrected chi connectivity index (χ3v) is 3.33. The quantitative estimate of drug-likeness (QED) is 0.733. The lowest BCUT2D eigenvalue weighted by Crippen LogP contribution is -2.07. The minimum atomic E-state index is 0.438. The van der Waals surface area contributed by atoms with E-state index in [-0.39, 0.29) is 0 Å². The summed E-state index contributed by atoms with van der Waals surface area (Å²) in [7, 11) is 0. The summed E-state index contributed by atoms with van der Waals surface area (Å²) < 4.78 is 7.51. The number of nitrogens with zero attached hydrogens (tertiary/aromatic N) is 4. The van der Waals surface area contributed by atoms with Crippen molar-refractivity contribution in [3.63, 3.8) is 0 Å². The maximum Gasteiger partial charge on any atom is 0.185 e. The Morgan fingerprint density at radius 2 is 2.00 bits per heavy atom. The summed E-state index contributed by atoms with van der Waals surface area (Å²) in [5.74, 6) is 0.905. The number of rotatable bonds is 7. The van der Waals surface area contributed by atoms with Crippen molar-refractivity contribution in [3.05, 3.63) is 41.2 Å².